The van der Waals surface area contributed by atoms with E-state index in [1.807, 2.05) is 24.3 Å². The summed E-state index contributed by atoms with van der Waals surface area (Å²) < 4.78 is 0. The number of ketones is 1. The van der Waals surface area contributed by atoms with Crippen LogP contribution in [0.4, 0.5) is 5.69 Å². The molecular weight excluding hydrogens is 428 g/mol. The van der Waals surface area contributed by atoms with Crippen LogP contribution < -0.4 is 4.90 Å². The van der Waals surface area contributed by atoms with Crippen molar-refractivity contribution in [2.24, 2.45) is 0 Å². The van der Waals surface area contributed by atoms with E-state index in [1.165, 1.54) is 17.0 Å². The average Bonchev–Trinajstić information content (AvgIpc) is 3.33. The van der Waals surface area contributed by atoms with E-state index in [2.05, 4.69) is 4.98 Å². The van der Waals surface area contributed by atoms with Crippen molar-refractivity contribution in [2.45, 2.75) is 6.04 Å². The van der Waals surface area contributed by atoms with Crippen LogP contribution in [0.5, 0.6) is 5.75 Å². The van der Waals surface area contributed by atoms with Gasteiger partial charge in [0.05, 0.1) is 11.6 Å². The number of hydrogen-bond acceptors (Lipinski definition) is 4. The van der Waals surface area contributed by atoms with Gasteiger partial charge in [-0.15, -0.1) is 0 Å². The highest BCUT2D eigenvalue weighted by molar-refractivity contribution is 6.51. The summed E-state index contributed by atoms with van der Waals surface area (Å²) in [5.74, 6) is -1.89. The van der Waals surface area contributed by atoms with E-state index in [-0.39, 0.29) is 17.1 Å². The molecule has 1 unspecified atom stereocenters. The molecule has 32 heavy (non-hydrogen) atoms. The van der Waals surface area contributed by atoms with Gasteiger partial charge in [0.1, 0.15) is 11.5 Å². The number of anilines is 1. The molecule has 1 aliphatic rings. The summed E-state index contributed by atoms with van der Waals surface area (Å²) in [6.07, 6.45) is 1.61. The molecule has 5 rings (SSSR count). The molecule has 0 bridgehead atoms. The zero-order valence-corrected chi connectivity index (χ0v) is 17.4. The van der Waals surface area contributed by atoms with Gasteiger partial charge < -0.3 is 15.2 Å². The van der Waals surface area contributed by atoms with Gasteiger partial charge in [0.2, 0.25) is 0 Å². The number of fused-ring (bicyclic) bond motifs is 1. The van der Waals surface area contributed by atoms with E-state index < -0.39 is 17.7 Å². The third-order valence-corrected chi connectivity index (χ3v) is 5.83. The highest BCUT2D eigenvalue weighted by Crippen LogP contribution is 2.43. The Morgan fingerprint density at radius 2 is 1.72 bits per heavy atom. The molecule has 1 saturated heterocycles. The number of aliphatic hydroxyl groups excluding tert-OH is 1. The number of aromatic amines is 1. The maximum atomic E-state index is 13.2. The molecule has 3 aromatic carbocycles. The molecule has 6 nitrogen and oxygen atoms in total. The number of halogens is 1. The number of hydrogen-bond donors (Lipinski definition) is 3. The Kier molecular flexibility index (Phi) is 4.72. The molecule has 3 N–H and O–H groups in total. The molecule has 1 amide bonds. The van der Waals surface area contributed by atoms with Crippen LogP contribution in [0.15, 0.2) is 84.6 Å². The summed E-state index contributed by atoms with van der Waals surface area (Å²) in [7, 11) is 0. The zero-order chi connectivity index (χ0) is 22.4. The van der Waals surface area contributed by atoms with Gasteiger partial charge in [-0.05, 0) is 48.0 Å². The maximum Gasteiger partial charge on any atom is 0.300 e. The van der Waals surface area contributed by atoms with Crippen molar-refractivity contribution in [3.63, 3.8) is 0 Å². The van der Waals surface area contributed by atoms with Crippen molar-refractivity contribution in [3.05, 3.63) is 101 Å². The number of carbonyl (C=O) groups excluding carboxylic acids is 2. The number of amides is 1. The van der Waals surface area contributed by atoms with Crippen LogP contribution in [-0.2, 0) is 9.59 Å². The first-order valence-corrected chi connectivity index (χ1v) is 10.3. The van der Waals surface area contributed by atoms with Crippen LogP contribution in [0.3, 0.4) is 0 Å². The number of rotatable bonds is 3. The number of carbonyl (C=O) groups is 2. The van der Waals surface area contributed by atoms with Crippen LogP contribution in [0.25, 0.3) is 16.7 Å². The standard InChI is InChI=1S/C25H17ClN2O4/c26-15-8-10-16(11-9-15)28-22(14-4-3-5-17(29)12-14)21(24(31)25(28)32)23(30)19-13-27-20-7-2-1-6-18(19)20/h1-13,22,27,29-30H/b23-21-. The van der Waals surface area contributed by atoms with Gasteiger partial charge in [0, 0.05) is 33.4 Å². The van der Waals surface area contributed by atoms with E-state index in [0.717, 1.165) is 10.9 Å². The lowest BCUT2D eigenvalue weighted by Crippen LogP contribution is -2.29. The molecule has 0 spiro atoms. The molecule has 0 aliphatic carbocycles. The highest BCUT2D eigenvalue weighted by atomic mass is 35.5. The number of phenols is 1. The Morgan fingerprint density at radius 3 is 2.47 bits per heavy atom. The smallest absolute Gasteiger partial charge is 0.300 e. The quantitative estimate of drug-likeness (QED) is 0.231. The predicted molar refractivity (Wildman–Crippen MR) is 123 cm³/mol. The Balaban J connectivity index is 1.76. The number of aromatic nitrogens is 1. The molecule has 7 heteroatoms. The van der Waals surface area contributed by atoms with E-state index in [0.29, 0.717) is 21.8 Å². The van der Waals surface area contributed by atoms with Gasteiger partial charge in [0.15, 0.2) is 0 Å². The first kappa shape index (κ1) is 19.9. The van der Waals surface area contributed by atoms with Crippen molar-refractivity contribution in [1.29, 1.82) is 0 Å². The van der Waals surface area contributed by atoms with E-state index in [9.17, 15) is 19.8 Å². The second-order valence-corrected chi connectivity index (χ2v) is 7.92. The van der Waals surface area contributed by atoms with Crippen molar-refractivity contribution in [1.82, 2.24) is 4.98 Å². The van der Waals surface area contributed by atoms with Crippen LogP contribution in [0.2, 0.25) is 5.02 Å². The summed E-state index contributed by atoms with van der Waals surface area (Å²) in [5.41, 5.74) is 2.08. The molecular formula is C25H17ClN2O4. The van der Waals surface area contributed by atoms with Gasteiger partial charge >= 0.3 is 0 Å². The molecule has 0 radical (unpaired) electrons. The third-order valence-electron chi connectivity index (χ3n) is 5.58. The number of nitrogens with one attached hydrogen (secondary N) is 1. The summed E-state index contributed by atoms with van der Waals surface area (Å²) in [4.78, 5) is 30.7. The van der Waals surface area contributed by atoms with Crippen LogP contribution in [-0.4, -0.2) is 26.9 Å². The lowest BCUT2D eigenvalue weighted by atomic mass is 9.95. The molecule has 0 saturated carbocycles. The number of aliphatic hydroxyl groups is 1. The second kappa shape index (κ2) is 7.59. The number of para-hydroxylation sites is 1. The van der Waals surface area contributed by atoms with Crippen molar-refractivity contribution >= 4 is 45.6 Å². The van der Waals surface area contributed by atoms with Gasteiger partial charge in [0.25, 0.3) is 11.7 Å². The fraction of sp³-hybridized carbons (Fsp3) is 0.0400. The third kappa shape index (κ3) is 3.13. The molecule has 1 fully saturated rings. The summed E-state index contributed by atoms with van der Waals surface area (Å²) in [6.45, 7) is 0. The number of phenolic OH excluding ortho intramolecular Hbond substituents is 1. The number of nitrogens with zero attached hydrogens (tertiary/aromatic N) is 1. The van der Waals surface area contributed by atoms with Crippen molar-refractivity contribution < 1.29 is 19.8 Å². The summed E-state index contributed by atoms with van der Waals surface area (Å²) >= 11 is 6.00. The largest absolute Gasteiger partial charge is 0.508 e. The fourth-order valence-electron chi connectivity index (χ4n) is 4.12. The molecule has 158 valence electrons. The molecule has 4 aromatic rings. The Hall–Kier alpha value is -4.03. The summed E-state index contributed by atoms with van der Waals surface area (Å²) in [6, 6.07) is 19.2. The highest BCUT2D eigenvalue weighted by Gasteiger charge is 2.47. The number of H-pyrrole nitrogens is 1. The Labute approximate surface area is 188 Å². The monoisotopic (exact) mass is 444 g/mol. The first-order chi connectivity index (χ1) is 15.5. The Bertz CT molecular complexity index is 1410. The topological polar surface area (TPSA) is 93.6 Å². The molecule has 1 aliphatic heterocycles. The normalized spacial score (nSPS) is 17.9. The minimum Gasteiger partial charge on any atom is -0.508 e. The van der Waals surface area contributed by atoms with Gasteiger partial charge in [-0.2, -0.15) is 0 Å². The van der Waals surface area contributed by atoms with E-state index in [1.54, 1.807) is 42.6 Å². The van der Waals surface area contributed by atoms with Crippen molar-refractivity contribution in [3.8, 4) is 5.75 Å². The van der Waals surface area contributed by atoms with Gasteiger partial charge in [-0.3, -0.25) is 14.5 Å². The first-order valence-electron chi connectivity index (χ1n) is 9.87. The fourth-order valence-corrected chi connectivity index (χ4v) is 4.25. The van der Waals surface area contributed by atoms with E-state index in [4.69, 9.17) is 11.6 Å². The maximum absolute atomic E-state index is 13.2. The zero-order valence-electron chi connectivity index (χ0n) is 16.6. The van der Waals surface area contributed by atoms with Crippen molar-refractivity contribution in [2.75, 3.05) is 4.90 Å². The summed E-state index contributed by atoms with van der Waals surface area (Å²) in [5, 5.41) is 22.5. The molecule has 1 aromatic heterocycles. The van der Waals surface area contributed by atoms with Gasteiger partial charge in [-0.25, -0.2) is 0 Å². The number of benzene rings is 3. The minimum atomic E-state index is -0.933. The van der Waals surface area contributed by atoms with Crippen LogP contribution in [0, 0.1) is 0 Å². The number of Topliss-reactive ketones (excluding diaryl/α,β-unsaturated/α-hetero) is 1. The Morgan fingerprint density at radius 1 is 0.969 bits per heavy atom. The SMILES string of the molecule is O=C1C(=O)N(c2ccc(Cl)cc2)C(c2cccc(O)c2)/C1=C(/O)c1c[nH]c2ccccc12. The molecule has 2 heterocycles. The van der Waals surface area contributed by atoms with Gasteiger partial charge in [-0.1, -0.05) is 41.9 Å². The van der Waals surface area contributed by atoms with E-state index >= 15 is 0 Å². The minimum absolute atomic E-state index is 0.0173. The second-order valence-electron chi connectivity index (χ2n) is 7.49. The number of aromatic hydroxyl groups is 1. The average molecular weight is 445 g/mol. The van der Waals surface area contributed by atoms with Crippen LogP contribution >= 0.6 is 11.6 Å². The predicted octanol–water partition coefficient (Wildman–Crippen LogP) is 5.15. The lowest BCUT2D eigenvalue weighted by molar-refractivity contribution is -0.132. The van der Waals surface area contributed by atoms with Crippen LogP contribution in [0.1, 0.15) is 17.2 Å². The lowest BCUT2D eigenvalue weighted by Gasteiger charge is -2.25. The molecule has 1 atom stereocenters.